The number of hydrogen-bond acceptors (Lipinski definition) is 1. The van der Waals surface area contributed by atoms with Crippen molar-refractivity contribution in [2.24, 2.45) is 5.92 Å². The number of benzene rings is 1. The van der Waals surface area contributed by atoms with E-state index >= 15 is 0 Å². The summed E-state index contributed by atoms with van der Waals surface area (Å²) in [5, 5.41) is 0. The van der Waals surface area contributed by atoms with Gasteiger partial charge in [0, 0.05) is 0 Å². The van der Waals surface area contributed by atoms with Crippen molar-refractivity contribution in [2.45, 2.75) is 20.3 Å². The van der Waals surface area contributed by atoms with E-state index in [1.807, 2.05) is 0 Å². The molecule has 1 aromatic carbocycles. The van der Waals surface area contributed by atoms with Gasteiger partial charge in [0.15, 0.2) is 0 Å². The van der Waals surface area contributed by atoms with Gasteiger partial charge in [-0.2, -0.15) is 0 Å². The van der Waals surface area contributed by atoms with Gasteiger partial charge in [-0.3, -0.25) is 0 Å². The van der Waals surface area contributed by atoms with Gasteiger partial charge in [-0.25, -0.2) is 0 Å². The molecule has 0 aliphatic heterocycles. The van der Waals surface area contributed by atoms with E-state index in [-0.39, 0.29) is 0 Å². The zero-order chi connectivity index (χ0) is 9.40. The Morgan fingerprint density at radius 2 is 1.67 bits per heavy atom. The van der Waals surface area contributed by atoms with Crippen LogP contribution in [0.4, 0.5) is 0 Å². The van der Waals surface area contributed by atoms with Crippen LogP contribution in [-0.4, -0.2) is 16.2 Å². The van der Waals surface area contributed by atoms with Gasteiger partial charge in [-0.15, -0.1) is 0 Å². The Hall–Kier alpha value is -0.448. The number of hydrogen-bond donors (Lipinski definition) is 0. The predicted octanol–water partition coefficient (Wildman–Crippen LogP) is 2.12. The van der Waals surface area contributed by atoms with Crippen molar-refractivity contribution in [3.63, 3.8) is 0 Å². The van der Waals surface area contributed by atoms with Crippen LogP contribution in [0.15, 0.2) is 30.3 Å². The maximum atomic E-state index is 8.28. The molecule has 0 aromatic heterocycles. The molecule has 0 spiro atoms. The zero-order valence-corrected chi connectivity index (χ0v) is 9.20. The monoisotopic (exact) mass is 178 g/mol. The Morgan fingerprint density at radius 1 is 1.17 bits per heavy atom. The van der Waals surface area contributed by atoms with E-state index in [1.165, 1.54) is 12.0 Å². The van der Waals surface area contributed by atoms with Gasteiger partial charge in [0.1, 0.15) is 0 Å². The quantitative estimate of drug-likeness (QED) is 0.634. The van der Waals surface area contributed by atoms with Crippen LogP contribution in [0.1, 0.15) is 19.4 Å². The second-order valence-corrected chi connectivity index (χ2v) is 3.08. The van der Waals surface area contributed by atoms with E-state index in [2.05, 4.69) is 44.2 Å². The first-order valence-corrected chi connectivity index (χ1v) is 4.69. The third-order valence-electron chi connectivity index (χ3n) is 1.49. The summed E-state index contributed by atoms with van der Waals surface area (Å²) in [5.41, 5.74) is 1.44. The standard InChI is InChI=1S/C10H14.Al.O.H/c1-9(2)8-10-6-4-3-5-7-10;;;/h3-7,9H,8H2,1-2H3;;;. The molecule has 0 radical (unpaired) electrons. The van der Waals surface area contributed by atoms with Gasteiger partial charge < -0.3 is 0 Å². The minimum absolute atomic E-state index is 0.611. The van der Waals surface area contributed by atoms with Gasteiger partial charge in [-0.05, 0) is 17.9 Å². The third-order valence-corrected chi connectivity index (χ3v) is 1.49. The summed E-state index contributed by atoms with van der Waals surface area (Å²) in [7, 11) is 0. The van der Waals surface area contributed by atoms with E-state index in [0.717, 1.165) is 5.92 Å². The first kappa shape index (κ1) is 11.6. The maximum absolute atomic E-state index is 8.28. The Bertz CT molecular complexity index is 196. The second-order valence-electron chi connectivity index (χ2n) is 3.08. The fourth-order valence-electron chi connectivity index (χ4n) is 1.09. The summed E-state index contributed by atoms with van der Waals surface area (Å²) >= 11 is 0.611. The number of rotatable bonds is 2. The van der Waals surface area contributed by atoms with Crippen LogP contribution in [-0.2, 0) is 10.2 Å². The molecular weight excluding hydrogens is 163 g/mol. The fourth-order valence-corrected chi connectivity index (χ4v) is 1.09. The molecule has 0 N–H and O–H groups in total. The molecule has 0 unspecified atom stereocenters. The Kier molecular flexibility index (Phi) is 6.95. The van der Waals surface area contributed by atoms with E-state index in [4.69, 9.17) is 3.80 Å². The molecular formula is C10H15AlO. The van der Waals surface area contributed by atoms with Crippen LogP contribution in [0.2, 0.25) is 0 Å². The average Bonchev–Trinajstić information content (AvgIpc) is 2.08. The van der Waals surface area contributed by atoms with Crippen LogP contribution >= 0.6 is 0 Å². The summed E-state index contributed by atoms with van der Waals surface area (Å²) in [6.45, 7) is 4.49. The Labute approximate surface area is 82.4 Å². The van der Waals surface area contributed by atoms with Crippen LogP contribution in [0, 0.1) is 5.92 Å². The van der Waals surface area contributed by atoms with Crippen LogP contribution in [0.5, 0.6) is 0 Å². The van der Waals surface area contributed by atoms with Crippen molar-refractivity contribution in [3.8, 4) is 0 Å². The van der Waals surface area contributed by atoms with E-state index in [1.54, 1.807) is 0 Å². The second kappa shape index (κ2) is 7.21. The van der Waals surface area contributed by atoms with Crippen molar-refractivity contribution >= 4 is 16.2 Å². The molecule has 1 aromatic rings. The van der Waals surface area contributed by atoms with E-state index in [0.29, 0.717) is 16.2 Å². The molecule has 2 heteroatoms. The zero-order valence-electron chi connectivity index (χ0n) is 7.79. The van der Waals surface area contributed by atoms with Crippen molar-refractivity contribution in [3.05, 3.63) is 35.9 Å². The van der Waals surface area contributed by atoms with E-state index < -0.39 is 0 Å². The summed E-state index contributed by atoms with van der Waals surface area (Å²) < 4.78 is 8.28. The first-order chi connectivity index (χ1) is 5.79. The Balaban J connectivity index is 0.000000561. The normalized spacial score (nSPS) is 8.83. The van der Waals surface area contributed by atoms with Crippen molar-refractivity contribution in [2.75, 3.05) is 0 Å². The molecule has 0 aliphatic carbocycles. The molecule has 0 amide bonds. The molecule has 1 rings (SSSR count). The Morgan fingerprint density at radius 3 is 2.08 bits per heavy atom. The van der Waals surface area contributed by atoms with Gasteiger partial charge in [-0.1, -0.05) is 44.2 Å². The summed E-state index contributed by atoms with van der Waals surface area (Å²) in [6, 6.07) is 10.6. The molecule has 1 nitrogen and oxygen atoms in total. The van der Waals surface area contributed by atoms with Gasteiger partial charge >= 0.3 is 20.0 Å². The van der Waals surface area contributed by atoms with Crippen molar-refractivity contribution < 1.29 is 3.80 Å². The van der Waals surface area contributed by atoms with E-state index in [9.17, 15) is 0 Å². The van der Waals surface area contributed by atoms with Crippen molar-refractivity contribution in [1.82, 2.24) is 0 Å². The average molecular weight is 178 g/mol. The van der Waals surface area contributed by atoms with Gasteiger partial charge in [0.05, 0.1) is 0 Å². The molecule has 0 bridgehead atoms. The SMILES string of the molecule is CC(C)Cc1ccccc1.[O]=[AlH]. The summed E-state index contributed by atoms with van der Waals surface area (Å²) in [4.78, 5) is 0. The molecule has 12 heavy (non-hydrogen) atoms. The summed E-state index contributed by atoms with van der Waals surface area (Å²) in [6.07, 6.45) is 1.20. The molecule has 0 saturated carbocycles. The molecule has 0 heterocycles. The molecule has 0 atom stereocenters. The van der Waals surface area contributed by atoms with Crippen LogP contribution < -0.4 is 0 Å². The first-order valence-electron chi connectivity index (χ1n) is 4.12. The third kappa shape index (κ3) is 5.24. The van der Waals surface area contributed by atoms with Gasteiger partial charge in [0.25, 0.3) is 0 Å². The molecule has 0 saturated heterocycles. The molecule has 64 valence electrons. The summed E-state index contributed by atoms with van der Waals surface area (Å²) in [5.74, 6) is 0.766. The fraction of sp³-hybridized carbons (Fsp3) is 0.400. The molecule has 0 aliphatic rings. The predicted molar refractivity (Wildman–Crippen MR) is 52.8 cm³/mol. The molecule has 0 fully saturated rings. The minimum atomic E-state index is 0.611. The van der Waals surface area contributed by atoms with Crippen LogP contribution in [0.3, 0.4) is 0 Å². The van der Waals surface area contributed by atoms with Crippen LogP contribution in [0.25, 0.3) is 0 Å². The van der Waals surface area contributed by atoms with Gasteiger partial charge in [0.2, 0.25) is 0 Å². The topological polar surface area (TPSA) is 17.1 Å². The van der Waals surface area contributed by atoms with Crippen molar-refractivity contribution in [1.29, 1.82) is 0 Å².